The average molecular weight is 347 g/mol. The fourth-order valence-corrected chi connectivity index (χ4v) is 3.03. The zero-order valence-electron chi connectivity index (χ0n) is 13.9. The van der Waals surface area contributed by atoms with Crippen LogP contribution in [0.25, 0.3) is 5.70 Å². The lowest BCUT2D eigenvalue weighted by atomic mass is 10.1. The van der Waals surface area contributed by atoms with Gasteiger partial charge in [-0.15, -0.1) is 12.4 Å². The van der Waals surface area contributed by atoms with Gasteiger partial charge in [-0.3, -0.25) is 0 Å². The van der Waals surface area contributed by atoms with Gasteiger partial charge in [-0.2, -0.15) is 0 Å². The van der Waals surface area contributed by atoms with Gasteiger partial charge >= 0.3 is 0 Å². The fourth-order valence-electron chi connectivity index (χ4n) is 3.03. The molecule has 0 bridgehead atoms. The highest BCUT2D eigenvalue weighted by molar-refractivity contribution is 6.24. The summed E-state index contributed by atoms with van der Waals surface area (Å²) in [6, 6.07) is 28.8. The van der Waals surface area contributed by atoms with E-state index in [1.807, 2.05) is 48.5 Å². The van der Waals surface area contributed by atoms with Crippen LogP contribution in [0.15, 0.2) is 95.5 Å². The first kappa shape index (κ1) is 17.0. The molecule has 0 amide bonds. The number of nitrogens with one attached hydrogen (secondary N) is 1. The highest BCUT2D eigenvalue weighted by atomic mass is 35.5. The summed E-state index contributed by atoms with van der Waals surface area (Å²) in [5.41, 5.74) is 7.78. The predicted molar refractivity (Wildman–Crippen MR) is 109 cm³/mol. The number of hydrogen-bond acceptors (Lipinski definition) is 2. The Balaban J connectivity index is 0.00000182. The van der Waals surface area contributed by atoms with Crippen LogP contribution in [-0.2, 0) is 0 Å². The second-order valence-corrected chi connectivity index (χ2v) is 5.83. The largest absolute Gasteiger partial charge is 0.355 e. The van der Waals surface area contributed by atoms with Crippen LogP contribution in [0, 0.1) is 0 Å². The Labute approximate surface area is 154 Å². The lowest BCUT2D eigenvalue weighted by Crippen LogP contribution is -1.99. The molecule has 4 rings (SSSR count). The zero-order valence-corrected chi connectivity index (χ0v) is 14.8. The number of fused-ring (bicyclic) bond motifs is 1. The first-order valence-corrected chi connectivity index (χ1v) is 8.10. The van der Waals surface area contributed by atoms with Crippen molar-refractivity contribution in [2.24, 2.45) is 4.99 Å². The molecule has 2 nitrogen and oxygen atoms in total. The standard InChI is InChI=1S/C22H18N2.ClH/c1-16-21(23-17-10-4-2-5-11-17)19-14-8-9-15-20(19)22(16)24-18-12-6-3-7-13-18;/h2-15,23H,1H3;1H. The van der Waals surface area contributed by atoms with Crippen LogP contribution >= 0.6 is 12.4 Å². The highest BCUT2D eigenvalue weighted by Gasteiger charge is 2.24. The second kappa shape index (κ2) is 7.37. The summed E-state index contributed by atoms with van der Waals surface area (Å²) in [6.07, 6.45) is 0. The van der Waals surface area contributed by atoms with Crippen molar-refractivity contribution in [1.82, 2.24) is 0 Å². The number of para-hydroxylation sites is 2. The monoisotopic (exact) mass is 346 g/mol. The topological polar surface area (TPSA) is 24.4 Å². The maximum absolute atomic E-state index is 4.89. The summed E-state index contributed by atoms with van der Waals surface area (Å²) in [6.45, 7) is 2.13. The summed E-state index contributed by atoms with van der Waals surface area (Å²) >= 11 is 0. The van der Waals surface area contributed by atoms with Gasteiger partial charge in [-0.1, -0.05) is 60.7 Å². The number of rotatable bonds is 3. The molecule has 0 atom stereocenters. The normalized spacial score (nSPS) is 14.2. The first-order chi connectivity index (χ1) is 11.8. The molecule has 124 valence electrons. The van der Waals surface area contributed by atoms with E-state index in [4.69, 9.17) is 4.99 Å². The van der Waals surface area contributed by atoms with E-state index in [2.05, 4.69) is 48.6 Å². The van der Waals surface area contributed by atoms with E-state index in [0.29, 0.717) is 0 Å². The molecule has 0 heterocycles. The maximum Gasteiger partial charge on any atom is 0.0766 e. The number of hydrogen-bond donors (Lipinski definition) is 1. The minimum absolute atomic E-state index is 0. The molecule has 0 saturated heterocycles. The molecule has 1 N–H and O–H groups in total. The Kier molecular flexibility index (Phi) is 5.01. The van der Waals surface area contributed by atoms with Gasteiger partial charge in [-0.05, 0) is 36.8 Å². The van der Waals surface area contributed by atoms with Crippen LogP contribution < -0.4 is 5.32 Å². The van der Waals surface area contributed by atoms with Gasteiger partial charge in [-0.25, -0.2) is 4.99 Å². The van der Waals surface area contributed by atoms with Crippen LogP contribution in [0.5, 0.6) is 0 Å². The Hall–Kier alpha value is -2.84. The Morgan fingerprint density at radius 3 is 1.92 bits per heavy atom. The molecule has 0 radical (unpaired) electrons. The Morgan fingerprint density at radius 1 is 0.680 bits per heavy atom. The molecular formula is C22H19ClN2. The van der Waals surface area contributed by atoms with Gasteiger partial charge in [0.15, 0.2) is 0 Å². The van der Waals surface area contributed by atoms with Gasteiger partial charge in [0.1, 0.15) is 0 Å². The van der Waals surface area contributed by atoms with Gasteiger partial charge in [0.05, 0.1) is 17.1 Å². The SMILES string of the molecule is CC1=C(Nc2ccccc2)c2ccccc2C1=Nc1ccccc1.Cl. The van der Waals surface area contributed by atoms with Crippen molar-refractivity contribution >= 4 is 35.2 Å². The van der Waals surface area contributed by atoms with Crippen molar-refractivity contribution in [2.75, 3.05) is 5.32 Å². The van der Waals surface area contributed by atoms with Gasteiger partial charge in [0.25, 0.3) is 0 Å². The lowest BCUT2D eigenvalue weighted by molar-refractivity contribution is 1.48. The third kappa shape index (κ3) is 3.35. The molecule has 0 aromatic heterocycles. The van der Waals surface area contributed by atoms with E-state index in [9.17, 15) is 0 Å². The maximum atomic E-state index is 4.89. The van der Waals surface area contributed by atoms with Crippen LogP contribution in [0.1, 0.15) is 18.1 Å². The summed E-state index contributed by atoms with van der Waals surface area (Å²) < 4.78 is 0. The van der Waals surface area contributed by atoms with Gasteiger partial charge in [0.2, 0.25) is 0 Å². The molecular weight excluding hydrogens is 328 g/mol. The van der Waals surface area contributed by atoms with E-state index in [1.54, 1.807) is 0 Å². The van der Waals surface area contributed by atoms with E-state index in [-0.39, 0.29) is 12.4 Å². The number of anilines is 1. The molecule has 25 heavy (non-hydrogen) atoms. The number of benzene rings is 3. The molecule has 3 heteroatoms. The molecule has 0 aliphatic heterocycles. The van der Waals surface area contributed by atoms with Crippen LogP contribution in [0.4, 0.5) is 11.4 Å². The minimum Gasteiger partial charge on any atom is -0.355 e. The fraction of sp³-hybridized carbons (Fsp3) is 0.0455. The minimum atomic E-state index is 0. The van der Waals surface area contributed by atoms with Crippen LogP contribution in [0.3, 0.4) is 0 Å². The van der Waals surface area contributed by atoms with Crippen LogP contribution in [-0.4, -0.2) is 5.71 Å². The summed E-state index contributed by atoms with van der Waals surface area (Å²) in [5.74, 6) is 0. The second-order valence-electron chi connectivity index (χ2n) is 5.83. The Bertz CT molecular complexity index is 929. The highest BCUT2D eigenvalue weighted by Crippen LogP contribution is 2.35. The smallest absolute Gasteiger partial charge is 0.0766 e. The molecule has 1 aliphatic rings. The average Bonchev–Trinajstić information content (AvgIpc) is 2.90. The summed E-state index contributed by atoms with van der Waals surface area (Å²) in [7, 11) is 0. The van der Waals surface area contributed by atoms with E-state index in [0.717, 1.165) is 22.8 Å². The Morgan fingerprint density at radius 2 is 1.24 bits per heavy atom. The molecule has 3 aromatic carbocycles. The van der Waals surface area contributed by atoms with E-state index < -0.39 is 0 Å². The molecule has 3 aromatic rings. The number of nitrogens with zero attached hydrogens (tertiary/aromatic N) is 1. The molecule has 0 spiro atoms. The first-order valence-electron chi connectivity index (χ1n) is 8.10. The quantitative estimate of drug-likeness (QED) is 0.610. The summed E-state index contributed by atoms with van der Waals surface area (Å²) in [4.78, 5) is 4.89. The number of allylic oxidation sites excluding steroid dienone is 1. The predicted octanol–water partition coefficient (Wildman–Crippen LogP) is 6.09. The van der Waals surface area contributed by atoms with Crippen molar-refractivity contribution in [1.29, 1.82) is 0 Å². The molecule has 0 unspecified atom stereocenters. The van der Waals surface area contributed by atoms with Crippen molar-refractivity contribution in [3.05, 3.63) is 102 Å². The molecule has 0 saturated carbocycles. The van der Waals surface area contributed by atoms with Gasteiger partial charge in [0, 0.05) is 16.8 Å². The third-order valence-electron chi connectivity index (χ3n) is 4.22. The van der Waals surface area contributed by atoms with Crippen molar-refractivity contribution in [3.8, 4) is 0 Å². The third-order valence-corrected chi connectivity index (χ3v) is 4.22. The van der Waals surface area contributed by atoms with Crippen molar-refractivity contribution in [2.45, 2.75) is 6.92 Å². The van der Waals surface area contributed by atoms with Crippen LogP contribution in [0.2, 0.25) is 0 Å². The molecule has 0 fully saturated rings. The van der Waals surface area contributed by atoms with E-state index in [1.165, 1.54) is 16.7 Å². The van der Waals surface area contributed by atoms with Gasteiger partial charge < -0.3 is 5.32 Å². The molecule has 1 aliphatic carbocycles. The number of aliphatic imine (C=N–C) groups is 1. The lowest BCUT2D eigenvalue weighted by Gasteiger charge is -2.09. The summed E-state index contributed by atoms with van der Waals surface area (Å²) in [5, 5.41) is 3.56. The zero-order chi connectivity index (χ0) is 16.4. The van der Waals surface area contributed by atoms with E-state index >= 15 is 0 Å². The van der Waals surface area contributed by atoms with Crippen molar-refractivity contribution < 1.29 is 0 Å². The van der Waals surface area contributed by atoms with Crippen molar-refractivity contribution in [3.63, 3.8) is 0 Å². The number of halogens is 1.